The molecule has 4 aliphatic rings. The average Bonchev–Trinajstić information content (AvgIpc) is 3.49. The van der Waals surface area contributed by atoms with Gasteiger partial charge < -0.3 is 38.3 Å². The highest BCUT2D eigenvalue weighted by Crippen LogP contribution is 2.69. The van der Waals surface area contributed by atoms with Gasteiger partial charge in [0.25, 0.3) is 0 Å². The molecule has 1 aromatic rings. The molecule has 0 spiro atoms. The van der Waals surface area contributed by atoms with Gasteiger partial charge in [-0.15, -0.1) is 6.58 Å². The van der Waals surface area contributed by atoms with Crippen LogP contribution in [-0.2, 0) is 35.0 Å². The van der Waals surface area contributed by atoms with Crippen LogP contribution in [0.25, 0.3) is 0 Å². The summed E-state index contributed by atoms with van der Waals surface area (Å²) in [6, 6.07) is 7.79. The highest BCUT2D eigenvalue weighted by Gasteiger charge is 2.76. The number of benzene rings is 1. The number of aliphatic hydroxyl groups is 1. The molecule has 1 aliphatic heterocycles. The SMILES string of the molecule is C=C[C@@H](OCc1ccc(OC)cc1)[C@]1(C2=C[C@@H]3C4(OC)CCC([C@@H](OCOC)[C@]3(O)[C@H]2C)C4(C)C)COC(C)(C)O1. The Morgan fingerprint density at radius 2 is 1.83 bits per heavy atom. The van der Waals surface area contributed by atoms with Crippen LogP contribution in [0.15, 0.2) is 48.6 Å². The molecule has 41 heavy (non-hydrogen) atoms. The zero-order valence-electron chi connectivity index (χ0n) is 25.9. The topological polar surface area (TPSA) is 84.8 Å². The van der Waals surface area contributed by atoms with Gasteiger partial charge in [-0.25, -0.2) is 0 Å². The Balaban J connectivity index is 1.57. The molecule has 8 nitrogen and oxygen atoms in total. The zero-order chi connectivity index (χ0) is 29.8. The van der Waals surface area contributed by atoms with E-state index in [2.05, 4.69) is 33.4 Å². The summed E-state index contributed by atoms with van der Waals surface area (Å²) in [4.78, 5) is 0. The van der Waals surface area contributed by atoms with Gasteiger partial charge in [0.2, 0.25) is 0 Å². The maximum atomic E-state index is 12.9. The number of fused-ring (bicyclic) bond motifs is 4. The average molecular weight is 573 g/mol. The third-order valence-electron chi connectivity index (χ3n) is 10.7. The number of hydrogen-bond acceptors (Lipinski definition) is 8. The first-order valence-electron chi connectivity index (χ1n) is 14.7. The van der Waals surface area contributed by atoms with Crippen molar-refractivity contribution in [2.45, 2.75) is 88.9 Å². The minimum Gasteiger partial charge on any atom is -0.497 e. The Bertz CT molecular complexity index is 1140. The van der Waals surface area contributed by atoms with Gasteiger partial charge in [-0.05, 0) is 61.3 Å². The molecule has 228 valence electrons. The summed E-state index contributed by atoms with van der Waals surface area (Å²) >= 11 is 0. The third kappa shape index (κ3) is 4.44. The predicted octanol–water partition coefficient (Wildman–Crippen LogP) is 5.04. The second-order valence-corrected chi connectivity index (χ2v) is 13.2. The molecule has 0 amide bonds. The molecule has 0 radical (unpaired) electrons. The van der Waals surface area contributed by atoms with Crippen LogP contribution in [0.4, 0.5) is 0 Å². The van der Waals surface area contributed by atoms with Crippen molar-refractivity contribution in [3.05, 3.63) is 54.1 Å². The Kier molecular flexibility index (Phi) is 8.03. The van der Waals surface area contributed by atoms with Gasteiger partial charge in [-0.3, -0.25) is 0 Å². The molecule has 8 atom stereocenters. The molecule has 1 N–H and O–H groups in total. The first kappa shape index (κ1) is 30.7. The van der Waals surface area contributed by atoms with Crippen LogP contribution in [0, 0.1) is 23.2 Å². The highest BCUT2D eigenvalue weighted by molar-refractivity contribution is 5.42. The molecule has 8 heteroatoms. The lowest BCUT2D eigenvalue weighted by molar-refractivity contribution is -0.281. The van der Waals surface area contributed by atoms with E-state index in [4.69, 9.17) is 33.2 Å². The zero-order valence-corrected chi connectivity index (χ0v) is 25.9. The molecular weight excluding hydrogens is 524 g/mol. The van der Waals surface area contributed by atoms with Crippen molar-refractivity contribution in [3.8, 4) is 5.75 Å². The maximum absolute atomic E-state index is 12.9. The van der Waals surface area contributed by atoms with Crippen molar-refractivity contribution < 1.29 is 38.3 Å². The third-order valence-corrected chi connectivity index (χ3v) is 10.7. The van der Waals surface area contributed by atoms with E-state index in [0.29, 0.717) is 6.61 Å². The number of rotatable bonds is 11. The van der Waals surface area contributed by atoms with Crippen molar-refractivity contribution in [1.29, 1.82) is 0 Å². The lowest BCUT2D eigenvalue weighted by Gasteiger charge is -2.60. The van der Waals surface area contributed by atoms with Crippen molar-refractivity contribution >= 4 is 0 Å². The summed E-state index contributed by atoms with van der Waals surface area (Å²) in [5, 5.41) is 12.9. The lowest BCUT2D eigenvalue weighted by Crippen LogP contribution is -2.70. The van der Waals surface area contributed by atoms with E-state index < -0.39 is 34.8 Å². The summed E-state index contributed by atoms with van der Waals surface area (Å²) in [7, 11) is 5.03. The molecule has 1 saturated heterocycles. The molecule has 0 aromatic heterocycles. The first-order chi connectivity index (χ1) is 19.4. The van der Waals surface area contributed by atoms with Gasteiger partial charge in [0.15, 0.2) is 5.79 Å². The fourth-order valence-corrected chi connectivity index (χ4v) is 8.60. The second-order valence-electron chi connectivity index (χ2n) is 13.2. The molecular formula is C33H48O8. The normalized spacial score (nSPS) is 39.3. The van der Waals surface area contributed by atoms with Gasteiger partial charge in [0.05, 0.1) is 32.0 Å². The fraction of sp³-hybridized carbons (Fsp3) is 0.697. The number of methoxy groups -OCH3 is 3. The Labute approximate surface area is 244 Å². The molecule has 1 heterocycles. The Hall–Kier alpha value is -1.78. The molecule has 3 aliphatic carbocycles. The van der Waals surface area contributed by atoms with Gasteiger partial charge in [0.1, 0.15) is 29.8 Å². The summed E-state index contributed by atoms with van der Waals surface area (Å²) < 4.78 is 43.1. The van der Waals surface area contributed by atoms with Crippen LogP contribution < -0.4 is 4.74 Å². The first-order valence-corrected chi connectivity index (χ1v) is 14.7. The van der Waals surface area contributed by atoms with E-state index >= 15 is 0 Å². The smallest absolute Gasteiger partial charge is 0.164 e. The van der Waals surface area contributed by atoms with Crippen molar-refractivity contribution in [1.82, 2.24) is 0 Å². The van der Waals surface area contributed by atoms with E-state index in [9.17, 15) is 5.11 Å². The van der Waals surface area contributed by atoms with Crippen molar-refractivity contribution in [3.63, 3.8) is 0 Å². The van der Waals surface area contributed by atoms with Crippen LogP contribution in [0.1, 0.15) is 53.0 Å². The van der Waals surface area contributed by atoms with Crippen molar-refractivity contribution in [2.75, 3.05) is 34.7 Å². The molecule has 3 fully saturated rings. The summed E-state index contributed by atoms with van der Waals surface area (Å²) in [5.41, 5.74) is -1.14. The van der Waals surface area contributed by atoms with Crippen LogP contribution >= 0.6 is 0 Å². The molecule has 5 rings (SSSR count). The Morgan fingerprint density at radius 3 is 2.39 bits per heavy atom. The molecule has 2 unspecified atom stereocenters. The minimum atomic E-state index is -1.24. The van der Waals surface area contributed by atoms with Gasteiger partial charge in [0, 0.05) is 26.1 Å². The van der Waals surface area contributed by atoms with Gasteiger partial charge in [-0.1, -0.05) is 45.1 Å². The monoisotopic (exact) mass is 572 g/mol. The van der Waals surface area contributed by atoms with Crippen molar-refractivity contribution in [2.24, 2.45) is 23.2 Å². The molecule has 1 aromatic carbocycles. The lowest BCUT2D eigenvalue weighted by atomic mass is 9.53. The van der Waals surface area contributed by atoms with E-state index in [1.807, 2.05) is 38.1 Å². The van der Waals surface area contributed by atoms with Crippen LogP contribution in [-0.4, -0.2) is 74.6 Å². The summed E-state index contributed by atoms with van der Waals surface area (Å²) in [5.74, 6) is -0.661. The standard InChI is InChI=1S/C33H48O8/c1-10-27(38-18-22-11-13-23(36-8)14-12-22)31(19-40-30(5,6)41-31)25-17-26-32(37-9)16-15-24(29(32,3)4)28(39-20-35-7)33(26,34)21(25)2/h10-14,17,21,24,26-28,34H,1,15-16,18-20H2,2-9H3/t21-,24?,26+,27+,28+,31+,32?,33-/m0/s1. The van der Waals surface area contributed by atoms with E-state index in [1.54, 1.807) is 27.4 Å². The van der Waals surface area contributed by atoms with Crippen LogP contribution in [0.2, 0.25) is 0 Å². The van der Waals surface area contributed by atoms with E-state index in [-0.39, 0.29) is 36.6 Å². The number of ether oxygens (including phenoxy) is 7. The number of hydrogen-bond donors (Lipinski definition) is 1. The van der Waals surface area contributed by atoms with E-state index in [0.717, 1.165) is 29.7 Å². The largest absolute Gasteiger partial charge is 0.497 e. The minimum absolute atomic E-state index is 0.0868. The van der Waals surface area contributed by atoms with Crippen LogP contribution in [0.3, 0.4) is 0 Å². The summed E-state index contributed by atoms with van der Waals surface area (Å²) in [6.07, 6.45) is 4.71. The van der Waals surface area contributed by atoms with Crippen LogP contribution in [0.5, 0.6) is 5.75 Å². The Morgan fingerprint density at radius 1 is 1.12 bits per heavy atom. The van der Waals surface area contributed by atoms with Gasteiger partial charge in [-0.2, -0.15) is 0 Å². The fourth-order valence-electron chi connectivity index (χ4n) is 8.60. The highest BCUT2D eigenvalue weighted by atomic mass is 16.8. The van der Waals surface area contributed by atoms with Gasteiger partial charge >= 0.3 is 0 Å². The predicted molar refractivity (Wildman–Crippen MR) is 154 cm³/mol. The second kappa shape index (κ2) is 10.7. The maximum Gasteiger partial charge on any atom is 0.164 e. The van der Waals surface area contributed by atoms with E-state index in [1.165, 1.54) is 0 Å². The quantitative estimate of drug-likeness (QED) is 0.292. The molecule has 2 saturated carbocycles. The summed E-state index contributed by atoms with van der Waals surface area (Å²) in [6.45, 7) is 15.2. The molecule has 2 bridgehead atoms.